The summed E-state index contributed by atoms with van der Waals surface area (Å²) in [5.41, 5.74) is 1.39. The van der Waals surface area contributed by atoms with Crippen molar-refractivity contribution in [1.29, 1.82) is 0 Å². The van der Waals surface area contributed by atoms with Crippen LogP contribution in [0.4, 0.5) is 15.9 Å². The lowest BCUT2D eigenvalue weighted by atomic mass is 10.2. The number of nitro groups is 1. The van der Waals surface area contributed by atoms with Gasteiger partial charge in [0.05, 0.1) is 29.2 Å². The molecule has 2 aromatic heterocycles. The molecule has 0 aliphatic heterocycles. The lowest BCUT2D eigenvalue weighted by molar-refractivity contribution is -0.389. The summed E-state index contributed by atoms with van der Waals surface area (Å²) in [6.45, 7) is 1.56. The predicted molar refractivity (Wildman–Crippen MR) is 100.0 cm³/mol. The molecule has 0 aliphatic rings. The summed E-state index contributed by atoms with van der Waals surface area (Å²) >= 11 is 11.8. The number of carbonyl (C=O) groups is 1. The average molecular weight is 427 g/mol. The number of halogens is 3. The van der Waals surface area contributed by atoms with Crippen molar-refractivity contribution >= 4 is 40.6 Å². The zero-order valence-electron chi connectivity index (χ0n) is 14.4. The second-order valence-corrected chi connectivity index (χ2v) is 6.63. The molecular weight excluding hydrogens is 414 g/mol. The van der Waals surface area contributed by atoms with Gasteiger partial charge in [-0.2, -0.15) is 9.78 Å². The first-order chi connectivity index (χ1) is 13.2. The van der Waals surface area contributed by atoms with Gasteiger partial charge >= 0.3 is 5.82 Å². The van der Waals surface area contributed by atoms with E-state index in [1.165, 1.54) is 29.9 Å². The maximum absolute atomic E-state index is 13.1. The Kier molecular flexibility index (Phi) is 5.61. The first kappa shape index (κ1) is 19.8. The van der Waals surface area contributed by atoms with Gasteiger partial charge in [0.15, 0.2) is 5.02 Å². The van der Waals surface area contributed by atoms with E-state index >= 15 is 0 Å². The molecule has 1 aromatic carbocycles. The third kappa shape index (κ3) is 4.29. The maximum atomic E-state index is 13.1. The lowest BCUT2D eigenvalue weighted by Gasteiger charge is -2.05. The monoisotopic (exact) mass is 426 g/mol. The molecule has 2 heterocycles. The molecule has 0 spiro atoms. The van der Waals surface area contributed by atoms with Crippen LogP contribution in [0.2, 0.25) is 10.0 Å². The number of hydrogen-bond donors (Lipinski definition) is 1. The largest absolute Gasteiger partial charge is 0.408 e. The Hall–Kier alpha value is -2.98. The van der Waals surface area contributed by atoms with Gasteiger partial charge < -0.3 is 15.4 Å². The Morgan fingerprint density at radius 1 is 1.39 bits per heavy atom. The maximum Gasteiger partial charge on any atom is 0.408 e. The van der Waals surface area contributed by atoms with Gasteiger partial charge in [0, 0.05) is 11.2 Å². The van der Waals surface area contributed by atoms with Crippen LogP contribution >= 0.6 is 23.2 Å². The van der Waals surface area contributed by atoms with E-state index in [2.05, 4.69) is 15.5 Å². The van der Waals surface area contributed by atoms with Gasteiger partial charge in [0.1, 0.15) is 12.4 Å². The number of anilines is 1. The van der Waals surface area contributed by atoms with Gasteiger partial charge in [-0.15, -0.1) is 0 Å². The molecule has 3 rings (SSSR count). The minimum Gasteiger partial charge on any atom is -0.358 e. The highest BCUT2D eigenvalue weighted by atomic mass is 35.5. The molecule has 0 radical (unpaired) electrons. The SMILES string of the molecule is Cc1c(Cl)c([N+](=O)[O-])nn1CC(=O)Nc1cnn(Cc2ccc(F)cc2Cl)c1. The lowest BCUT2D eigenvalue weighted by Crippen LogP contribution is -2.20. The van der Waals surface area contributed by atoms with E-state index in [1.54, 1.807) is 12.3 Å². The van der Waals surface area contributed by atoms with E-state index in [9.17, 15) is 19.3 Å². The molecule has 0 unspecified atom stereocenters. The molecule has 12 heteroatoms. The number of nitrogens with one attached hydrogen (secondary N) is 1. The topological polar surface area (TPSA) is 108 Å². The van der Waals surface area contributed by atoms with Crippen LogP contribution in [0.1, 0.15) is 11.3 Å². The number of hydrogen-bond acceptors (Lipinski definition) is 5. The van der Waals surface area contributed by atoms with Crippen molar-refractivity contribution < 1.29 is 14.1 Å². The van der Waals surface area contributed by atoms with Crippen LogP contribution in [0.25, 0.3) is 0 Å². The molecule has 1 amide bonds. The number of nitrogens with zero attached hydrogens (tertiary/aromatic N) is 5. The highest BCUT2D eigenvalue weighted by molar-refractivity contribution is 6.33. The Labute approximate surface area is 167 Å². The van der Waals surface area contributed by atoms with Gasteiger partial charge in [0.2, 0.25) is 5.91 Å². The molecule has 9 nitrogen and oxygen atoms in total. The van der Waals surface area contributed by atoms with E-state index in [0.717, 1.165) is 4.68 Å². The highest BCUT2D eigenvalue weighted by Gasteiger charge is 2.25. The van der Waals surface area contributed by atoms with E-state index in [0.29, 0.717) is 16.9 Å². The summed E-state index contributed by atoms with van der Waals surface area (Å²) in [5, 5.41) is 21.5. The standard InChI is InChI=1S/C16H13Cl2FN6O3/c1-9-15(18)16(25(27)28)22-24(9)8-14(26)21-12-5-20-23(7-12)6-10-2-3-11(19)4-13(10)17/h2-5,7H,6,8H2,1H3,(H,21,26). The molecule has 0 aliphatic carbocycles. The van der Waals surface area contributed by atoms with Crippen LogP contribution in [-0.2, 0) is 17.9 Å². The van der Waals surface area contributed by atoms with Crippen molar-refractivity contribution in [2.75, 3.05) is 5.32 Å². The Morgan fingerprint density at radius 2 is 2.14 bits per heavy atom. The average Bonchev–Trinajstić information content (AvgIpc) is 3.16. The van der Waals surface area contributed by atoms with Gasteiger partial charge in [0.25, 0.3) is 0 Å². The molecule has 28 heavy (non-hydrogen) atoms. The molecule has 0 saturated heterocycles. The predicted octanol–water partition coefficient (Wildman–Crippen LogP) is 3.43. The fourth-order valence-electron chi connectivity index (χ4n) is 2.45. The number of aromatic nitrogens is 4. The Morgan fingerprint density at radius 3 is 2.79 bits per heavy atom. The number of rotatable bonds is 6. The summed E-state index contributed by atoms with van der Waals surface area (Å²) in [4.78, 5) is 22.3. The van der Waals surface area contributed by atoms with E-state index < -0.39 is 22.5 Å². The highest BCUT2D eigenvalue weighted by Crippen LogP contribution is 2.26. The molecular formula is C16H13Cl2FN6O3. The minimum absolute atomic E-state index is 0.109. The Bertz CT molecular complexity index is 1060. The van der Waals surface area contributed by atoms with Gasteiger partial charge in [-0.05, 0) is 29.5 Å². The van der Waals surface area contributed by atoms with Gasteiger partial charge in [-0.3, -0.25) is 9.48 Å². The van der Waals surface area contributed by atoms with E-state index in [-0.39, 0.29) is 23.1 Å². The fraction of sp³-hybridized carbons (Fsp3) is 0.188. The molecule has 3 aromatic rings. The van der Waals surface area contributed by atoms with E-state index in [1.807, 2.05) is 0 Å². The van der Waals surface area contributed by atoms with Crippen LogP contribution in [-0.4, -0.2) is 30.4 Å². The zero-order valence-corrected chi connectivity index (χ0v) is 15.9. The van der Waals surface area contributed by atoms with Crippen LogP contribution in [0.3, 0.4) is 0 Å². The van der Waals surface area contributed by atoms with Crippen molar-refractivity contribution in [3.8, 4) is 0 Å². The van der Waals surface area contributed by atoms with Crippen molar-refractivity contribution in [2.45, 2.75) is 20.0 Å². The number of amides is 1. The molecule has 0 fully saturated rings. The molecule has 0 atom stereocenters. The molecule has 146 valence electrons. The Balaban J connectivity index is 1.66. The zero-order chi connectivity index (χ0) is 20.4. The summed E-state index contributed by atoms with van der Waals surface area (Å²) in [6.07, 6.45) is 3.00. The minimum atomic E-state index is -0.714. The first-order valence-electron chi connectivity index (χ1n) is 7.88. The van der Waals surface area contributed by atoms with Crippen molar-refractivity contribution in [3.05, 3.63) is 67.8 Å². The van der Waals surface area contributed by atoms with Crippen molar-refractivity contribution in [3.63, 3.8) is 0 Å². The van der Waals surface area contributed by atoms with Crippen molar-refractivity contribution in [2.24, 2.45) is 0 Å². The molecule has 0 bridgehead atoms. The molecule has 1 N–H and O–H groups in total. The van der Waals surface area contributed by atoms with Crippen molar-refractivity contribution in [1.82, 2.24) is 19.6 Å². The summed E-state index contributed by atoms with van der Waals surface area (Å²) in [6, 6.07) is 4.05. The van der Waals surface area contributed by atoms with E-state index in [4.69, 9.17) is 23.2 Å². The quantitative estimate of drug-likeness (QED) is 0.479. The van der Waals surface area contributed by atoms with Crippen LogP contribution < -0.4 is 5.32 Å². The summed E-state index contributed by atoms with van der Waals surface area (Å²) in [5.74, 6) is -1.40. The second kappa shape index (κ2) is 7.95. The third-order valence-electron chi connectivity index (χ3n) is 3.85. The summed E-state index contributed by atoms with van der Waals surface area (Å²) in [7, 11) is 0. The summed E-state index contributed by atoms with van der Waals surface area (Å²) < 4.78 is 15.8. The fourth-order valence-corrected chi connectivity index (χ4v) is 2.89. The third-order valence-corrected chi connectivity index (χ3v) is 4.64. The van der Waals surface area contributed by atoms with Gasteiger partial charge in [-0.1, -0.05) is 29.3 Å². The smallest absolute Gasteiger partial charge is 0.358 e. The van der Waals surface area contributed by atoms with Crippen LogP contribution in [0.5, 0.6) is 0 Å². The first-order valence-corrected chi connectivity index (χ1v) is 8.63. The molecule has 0 saturated carbocycles. The second-order valence-electron chi connectivity index (χ2n) is 5.85. The number of benzene rings is 1. The normalized spacial score (nSPS) is 10.9. The van der Waals surface area contributed by atoms with Crippen LogP contribution in [0.15, 0.2) is 30.6 Å². The van der Waals surface area contributed by atoms with Gasteiger partial charge in [-0.25, -0.2) is 4.39 Å². The van der Waals surface area contributed by atoms with Crippen LogP contribution in [0, 0.1) is 22.9 Å². The number of carbonyl (C=O) groups excluding carboxylic acids is 1.